The molecule has 8 N–H and O–H groups in total. The van der Waals surface area contributed by atoms with Gasteiger partial charge >= 0.3 is 0 Å². The number of ether oxygens (including phenoxy) is 1. The highest BCUT2D eigenvalue weighted by molar-refractivity contribution is 5.70. The molecule has 1 aliphatic heterocycles. The molecule has 2 aromatic rings. The monoisotopic (exact) mass is 492 g/mol. The van der Waals surface area contributed by atoms with Crippen LogP contribution >= 0.6 is 0 Å². The third-order valence-electron chi connectivity index (χ3n) is 5.42. The van der Waals surface area contributed by atoms with Crippen LogP contribution in [0.1, 0.15) is 24.7 Å². The van der Waals surface area contributed by atoms with E-state index >= 15 is 0 Å². The molecule has 0 bridgehead atoms. The molecule has 1 fully saturated rings. The Bertz CT molecular complexity index is 1180. The fourth-order valence-electron chi connectivity index (χ4n) is 3.76. The summed E-state index contributed by atoms with van der Waals surface area (Å²) in [6, 6.07) is 8.62. The van der Waals surface area contributed by atoms with Crippen LogP contribution in [0.5, 0.6) is 11.6 Å². The summed E-state index contributed by atoms with van der Waals surface area (Å²) < 4.78 is 5.61. The number of rotatable bonds is 8. The van der Waals surface area contributed by atoms with Crippen molar-refractivity contribution >= 4 is 17.9 Å². The molecule has 0 atom stereocenters. The quantitative estimate of drug-likeness (QED) is 0.149. The van der Waals surface area contributed by atoms with Crippen LogP contribution < -0.4 is 32.2 Å². The Morgan fingerprint density at radius 1 is 1.19 bits per heavy atom. The molecule has 190 valence electrons. The van der Waals surface area contributed by atoms with Gasteiger partial charge in [0.25, 0.3) is 0 Å². The number of amides is 1. The molecule has 0 aliphatic carbocycles. The van der Waals surface area contributed by atoms with E-state index in [4.69, 9.17) is 21.9 Å². The number of nitrogens with two attached hydrogens (primary N) is 3. The number of benzene rings is 1. The molecule has 0 radical (unpaired) electrons. The van der Waals surface area contributed by atoms with Gasteiger partial charge < -0.3 is 42.2 Å². The van der Waals surface area contributed by atoms with E-state index < -0.39 is 0 Å². The van der Waals surface area contributed by atoms with Crippen molar-refractivity contribution in [3.8, 4) is 23.5 Å². The Morgan fingerprint density at radius 2 is 2.00 bits per heavy atom. The molecule has 0 spiro atoms. The van der Waals surface area contributed by atoms with Crippen molar-refractivity contribution < 1.29 is 14.6 Å². The molecule has 0 saturated carbocycles. The maximum absolute atomic E-state index is 10.4. The first kappa shape index (κ1) is 26.0. The molecule has 36 heavy (non-hydrogen) atoms. The van der Waals surface area contributed by atoms with Gasteiger partial charge in [-0.05, 0) is 37.5 Å². The molecule has 1 amide bonds. The summed E-state index contributed by atoms with van der Waals surface area (Å²) in [5, 5.41) is 12.6. The topological polar surface area (TPSA) is 169 Å². The average molecular weight is 493 g/mol. The molecule has 3 rings (SSSR count). The van der Waals surface area contributed by atoms with Gasteiger partial charge in [-0.2, -0.15) is 4.98 Å². The lowest BCUT2D eigenvalue weighted by Gasteiger charge is -2.26. The number of nitrogens with zero attached hydrogens (tertiary/aromatic N) is 4. The van der Waals surface area contributed by atoms with Gasteiger partial charge in [0, 0.05) is 43.5 Å². The number of aromatic nitrogens is 2. The molecule has 11 nitrogen and oxygen atoms in total. The first-order chi connectivity index (χ1) is 17.4. The van der Waals surface area contributed by atoms with Gasteiger partial charge in [-0.15, -0.1) is 0 Å². The summed E-state index contributed by atoms with van der Waals surface area (Å²) in [5.41, 5.74) is 19.8. The zero-order valence-electron chi connectivity index (χ0n) is 20.3. The predicted molar refractivity (Wildman–Crippen MR) is 138 cm³/mol. The number of phenols is 1. The van der Waals surface area contributed by atoms with E-state index in [2.05, 4.69) is 36.9 Å². The van der Waals surface area contributed by atoms with Gasteiger partial charge in [0.15, 0.2) is 0 Å². The Kier molecular flexibility index (Phi) is 9.22. The first-order valence-corrected chi connectivity index (χ1v) is 11.6. The van der Waals surface area contributed by atoms with E-state index in [0.717, 1.165) is 13.0 Å². The second-order valence-corrected chi connectivity index (χ2v) is 7.91. The van der Waals surface area contributed by atoms with Crippen molar-refractivity contribution in [2.45, 2.75) is 13.3 Å². The van der Waals surface area contributed by atoms with Crippen molar-refractivity contribution in [3.63, 3.8) is 0 Å². The van der Waals surface area contributed by atoms with Crippen molar-refractivity contribution in [1.29, 1.82) is 0 Å². The van der Waals surface area contributed by atoms with Gasteiger partial charge in [0.2, 0.25) is 18.1 Å². The predicted octanol–water partition coefficient (Wildman–Crippen LogP) is 0.277. The summed E-state index contributed by atoms with van der Waals surface area (Å²) in [6.07, 6.45) is 3.08. The van der Waals surface area contributed by atoms with E-state index in [9.17, 15) is 9.90 Å². The number of aromatic hydroxyl groups is 1. The highest BCUT2D eigenvalue weighted by Gasteiger charge is 2.20. The number of hydrogen-bond acceptors (Lipinski definition) is 10. The number of carbonyl (C=O) groups excluding carboxylic acids is 1. The van der Waals surface area contributed by atoms with Gasteiger partial charge in [-0.3, -0.25) is 4.79 Å². The Balaban J connectivity index is 1.81. The minimum atomic E-state index is 0.0814. The van der Waals surface area contributed by atoms with Gasteiger partial charge in [-0.25, -0.2) is 4.98 Å². The first-order valence-electron chi connectivity index (χ1n) is 11.6. The minimum absolute atomic E-state index is 0.0814. The van der Waals surface area contributed by atoms with Crippen LogP contribution in [0.3, 0.4) is 0 Å². The summed E-state index contributed by atoms with van der Waals surface area (Å²) in [6.45, 7) is 5.20. The van der Waals surface area contributed by atoms with E-state index in [1.54, 1.807) is 36.4 Å². The SMILES string of the molecule is CCOc1cc(N2CCCN(C(/C=C(\N)c3ccccc3O)=C(N)N)CC2)nc(C#CCNC=O)n1. The lowest BCUT2D eigenvalue weighted by atomic mass is 10.1. The van der Waals surface area contributed by atoms with Crippen molar-refractivity contribution in [2.75, 3.05) is 44.2 Å². The minimum Gasteiger partial charge on any atom is -0.507 e. The number of phenolic OH excluding ortho intramolecular Hbond substituents is 1. The Hall–Kier alpha value is -4.59. The van der Waals surface area contributed by atoms with Crippen LogP contribution in [0.15, 0.2) is 47.9 Å². The van der Waals surface area contributed by atoms with Crippen LogP contribution in [-0.4, -0.2) is 65.7 Å². The van der Waals surface area contributed by atoms with Crippen LogP contribution in [0, 0.1) is 11.8 Å². The van der Waals surface area contributed by atoms with Gasteiger partial charge in [0.1, 0.15) is 17.4 Å². The zero-order chi connectivity index (χ0) is 25.9. The van der Waals surface area contributed by atoms with Crippen LogP contribution in [-0.2, 0) is 4.79 Å². The number of anilines is 1. The molecular formula is C25H32N8O3. The fourth-order valence-corrected chi connectivity index (χ4v) is 3.76. The maximum Gasteiger partial charge on any atom is 0.219 e. The Labute approximate surface area is 210 Å². The smallest absolute Gasteiger partial charge is 0.219 e. The maximum atomic E-state index is 10.4. The van der Waals surface area contributed by atoms with Gasteiger partial charge in [-0.1, -0.05) is 18.1 Å². The summed E-state index contributed by atoms with van der Waals surface area (Å²) in [4.78, 5) is 23.5. The van der Waals surface area contributed by atoms with Crippen LogP contribution in [0.4, 0.5) is 5.82 Å². The molecule has 0 unspecified atom stereocenters. The van der Waals surface area contributed by atoms with Gasteiger partial charge in [0.05, 0.1) is 18.8 Å². The normalized spacial score (nSPS) is 13.8. The molecule has 1 aliphatic rings. The van der Waals surface area contributed by atoms with Crippen molar-refractivity contribution in [1.82, 2.24) is 20.2 Å². The second-order valence-electron chi connectivity index (χ2n) is 7.91. The van der Waals surface area contributed by atoms with Crippen molar-refractivity contribution in [3.05, 3.63) is 59.3 Å². The summed E-state index contributed by atoms with van der Waals surface area (Å²) in [5.74, 6) is 7.34. The molecule has 11 heteroatoms. The second kappa shape index (κ2) is 12.8. The van der Waals surface area contributed by atoms with Crippen LogP contribution in [0.25, 0.3) is 5.70 Å². The molecule has 1 saturated heterocycles. The fraction of sp³-hybridized carbons (Fsp3) is 0.320. The Morgan fingerprint density at radius 3 is 2.72 bits per heavy atom. The van der Waals surface area contributed by atoms with E-state index in [-0.39, 0.29) is 18.1 Å². The highest BCUT2D eigenvalue weighted by Crippen LogP contribution is 2.25. The lowest BCUT2D eigenvalue weighted by Crippen LogP contribution is -2.33. The number of nitrogens with one attached hydrogen (secondary N) is 1. The van der Waals surface area contributed by atoms with E-state index in [1.807, 2.05) is 6.92 Å². The number of allylic oxidation sites excluding steroid dienone is 1. The third kappa shape index (κ3) is 6.96. The van der Waals surface area contributed by atoms with Crippen molar-refractivity contribution in [2.24, 2.45) is 17.2 Å². The van der Waals surface area contributed by atoms with E-state index in [0.29, 0.717) is 67.1 Å². The third-order valence-corrected chi connectivity index (χ3v) is 5.42. The highest BCUT2D eigenvalue weighted by atomic mass is 16.5. The number of carbonyl (C=O) groups is 1. The molecular weight excluding hydrogens is 460 g/mol. The van der Waals surface area contributed by atoms with Crippen LogP contribution in [0.2, 0.25) is 0 Å². The standard InChI is InChI=1S/C25H32N8O3/c1-2-36-24-16-23(30-22(31-24)9-5-10-29-17-34)33-12-6-11-32(13-14-33)20(25(27)28)15-19(26)18-7-3-4-8-21(18)35/h3-4,7-8,15-17,35H,2,6,10-14,26-28H2,1H3,(H,29,34)/b19-15-. The number of hydrogen-bond donors (Lipinski definition) is 5. The summed E-state index contributed by atoms with van der Waals surface area (Å²) >= 11 is 0. The van der Waals surface area contributed by atoms with E-state index in [1.165, 1.54) is 0 Å². The largest absolute Gasteiger partial charge is 0.507 e. The molecule has 2 heterocycles. The molecule has 1 aromatic heterocycles. The zero-order valence-corrected chi connectivity index (χ0v) is 20.3. The average Bonchev–Trinajstić information content (AvgIpc) is 3.11. The molecule has 1 aromatic carbocycles. The number of para-hydroxylation sites is 1. The summed E-state index contributed by atoms with van der Waals surface area (Å²) in [7, 11) is 0. The lowest BCUT2D eigenvalue weighted by molar-refractivity contribution is -0.109.